The Hall–Kier alpha value is -4.47. The van der Waals surface area contributed by atoms with Gasteiger partial charge in [0.1, 0.15) is 12.0 Å². The number of nitrogens with zero attached hydrogens (tertiary/aromatic N) is 3. The minimum absolute atomic E-state index is 0.0167. The van der Waals surface area contributed by atoms with Crippen LogP contribution in [0.25, 0.3) is 11.5 Å². The van der Waals surface area contributed by atoms with Crippen molar-refractivity contribution in [2.75, 3.05) is 22.6 Å². The second kappa shape index (κ2) is 7.75. The summed E-state index contributed by atoms with van der Waals surface area (Å²) >= 11 is 0. The zero-order chi connectivity index (χ0) is 21.2. The molecule has 0 radical (unpaired) electrons. The molecular formula is C21H15FN6O3. The third-order valence-corrected chi connectivity index (χ3v) is 4.44. The Morgan fingerprint density at radius 1 is 1.03 bits per heavy atom. The maximum atomic E-state index is 14.3. The first-order valence-corrected chi connectivity index (χ1v) is 9.27. The average molecular weight is 418 g/mol. The van der Waals surface area contributed by atoms with Gasteiger partial charge in [0, 0.05) is 16.9 Å². The number of halogens is 1. The predicted molar refractivity (Wildman–Crippen MR) is 111 cm³/mol. The summed E-state index contributed by atoms with van der Waals surface area (Å²) < 4.78 is 24.9. The molecule has 0 aliphatic carbocycles. The zero-order valence-electron chi connectivity index (χ0n) is 15.9. The highest BCUT2D eigenvalue weighted by Gasteiger charge is 2.17. The van der Waals surface area contributed by atoms with Crippen LogP contribution in [0.1, 0.15) is 0 Å². The van der Waals surface area contributed by atoms with Crippen molar-refractivity contribution in [2.24, 2.45) is 0 Å². The van der Waals surface area contributed by atoms with E-state index in [4.69, 9.17) is 9.15 Å². The van der Waals surface area contributed by atoms with Crippen LogP contribution in [0.4, 0.5) is 33.2 Å². The zero-order valence-corrected chi connectivity index (χ0v) is 15.9. The second-order valence-corrected chi connectivity index (χ2v) is 6.60. The van der Waals surface area contributed by atoms with Crippen LogP contribution in [0, 0.1) is 5.82 Å². The SMILES string of the molecule is O=C1COc2ccc(Nc3nc(Nc4ccc(-c5ncco5)cc4)ncc3F)cc2N1. The molecule has 31 heavy (non-hydrogen) atoms. The van der Waals surface area contributed by atoms with Crippen LogP contribution in [-0.2, 0) is 4.79 Å². The van der Waals surface area contributed by atoms with Gasteiger partial charge in [-0.2, -0.15) is 4.98 Å². The number of nitrogens with one attached hydrogen (secondary N) is 3. The van der Waals surface area contributed by atoms with Crippen LogP contribution in [0.15, 0.2) is 65.5 Å². The highest BCUT2D eigenvalue weighted by molar-refractivity contribution is 5.96. The van der Waals surface area contributed by atoms with Crippen molar-refractivity contribution < 1.29 is 18.3 Å². The molecule has 154 valence electrons. The highest BCUT2D eigenvalue weighted by Crippen LogP contribution is 2.32. The van der Waals surface area contributed by atoms with Gasteiger partial charge in [0.15, 0.2) is 18.2 Å². The molecule has 1 aliphatic heterocycles. The lowest BCUT2D eigenvalue weighted by Crippen LogP contribution is -2.25. The Balaban J connectivity index is 1.33. The number of carbonyl (C=O) groups is 1. The Kier molecular flexibility index (Phi) is 4.64. The van der Waals surface area contributed by atoms with Gasteiger partial charge in [0.25, 0.3) is 5.91 Å². The number of ether oxygens (including phenoxy) is 1. The maximum absolute atomic E-state index is 14.3. The van der Waals surface area contributed by atoms with Crippen molar-refractivity contribution in [3.63, 3.8) is 0 Å². The number of aromatic nitrogens is 3. The lowest BCUT2D eigenvalue weighted by molar-refractivity contribution is -0.118. The summed E-state index contributed by atoms with van der Waals surface area (Å²) in [5.74, 6) is 0.381. The van der Waals surface area contributed by atoms with Crippen LogP contribution in [-0.4, -0.2) is 27.5 Å². The number of oxazole rings is 1. The molecule has 1 amide bonds. The van der Waals surface area contributed by atoms with Crippen molar-refractivity contribution in [3.05, 3.63) is 66.9 Å². The number of fused-ring (bicyclic) bond motifs is 1. The maximum Gasteiger partial charge on any atom is 0.262 e. The van der Waals surface area contributed by atoms with E-state index >= 15 is 0 Å². The summed E-state index contributed by atoms with van der Waals surface area (Å²) in [7, 11) is 0. The molecule has 0 atom stereocenters. The number of hydrogen-bond donors (Lipinski definition) is 3. The molecular weight excluding hydrogens is 403 g/mol. The fourth-order valence-corrected chi connectivity index (χ4v) is 3.00. The lowest BCUT2D eigenvalue weighted by atomic mass is 10.2. The smallest absolute Gasteiger partial charge is 0.262 e. The van der Waals surface area contributed by atoms with Gasteiger partial charge in [-0.3, -0.25) is 4.79 Å². The molecule has 4 aromatic rings. The first-order valence-electron chi connectivity index (χ1n) is 9.27. The van der Waals surface area contributed by atoms with Crippen LogP contribution in [0.2, 0.25) is 0 Å². The highest BCUT2D eigenvalue weighted by atomic mass is 19.1. The third-order valence-electron chi connectivity index (χ3n) is 4.44. The molecule has 0 fully saturated rings. The molecule has 9 nitrogen and oxygen atoms in total. The van der Waals surface area contributed by atoms with Crippen molar-refractivity contribution >= 4 is 34.7 Å². The molecule has 0 unspecified atom stereocenters. The largest absolute Gasteiger partial charge is 0.482 e. The number of rotatable bonds is 5. The molecule has 1 aliphatic rings. The first-order chi connectivity index (χ1) is 15.1. The fraction of sp³-hybridized carbons (Fsp3) is 0.0476. The first kappa shape index (κ1) is 18.6. The van der Waals surface area contributed by atoms with Gasteiger partial charge >= 0.3 is 0 Å². The van der Waals surface area contributed by atoms with E-state index in [1.54, 1.807) is 24.4 Å². The molecule has 3 N–H and O–H groups in total. The number of carbonyl (C=O) groups excluding carboxylic acids is 1. The summed E-state index contributed by atoms with van der Waals surface area (Å²) in [6, 6.07) is 12.3. The van der Waals surface area contributed by atoms with Gasteiger partial charge in [-0.15, -0.1) is 0 Å². The molecule has 3 heterocycles. The molecule has 5 rings (SSSR count). The average Bonchev–Trinajstić information content (AvgIpc) is 3.31. The van der Waals surface area contributed by atoms with Crippen LogP contribution >= 0.6 is 0 Å². The Morgan fingerprint density at radius 3 is 2.68 bits per heavy atom. The number of benzene rings is 2. The summed E-state index contributed by atoms with van der Waals surface area (Å²) in [4.78, 5) is 23.8. The van der Waals surface area contributed by atoms with E-state index in [-0.39, 0.29) is 24.3 Å². The van der Waals surface area contributed by atoms with Crippen LogP contribution < -0.4 is 20.7 Å². The van der Waals surface area contributed by atoms with Crippen molar-refractivity contribution in [1.82, 2.24) is 15.0 Å². The molecule has 2 aromatic carbocycles. The molecule has 0 saturated heterocycles. The van der Waals surface area contributed by atoms with Crippen molar-refractivity contribution in [3.8, 4) is 17.2 Å². The molecule has 0 spiro atoms. The van der Waals surface area contributed by atoms with E-state index in [1.165, 1.54) is 6.26 Å². The predicted octanol–water partition coefficient (Wildman–Crippen LogP) is 4.09. The van der Waals surface area contributed by atoms with Gasteiger partial charge in [-0.05, 0) is 42.5 Å². The van der Waals surface area contributed by atoms with E-state index in [1.807, 2.05) is 24.3 Å². The van der Waals surface area contributed by atoms with E-state index in [0.29, 0.717) is 28.7 Å². The summed E-state index contributed by atoms with van der Waals surface area (Å²) in [5.41, 5.74) is 2.56. The Bertz CT molecular complexity index is 1240. The topological polar surface area (TPSA) is 114 Å². The fourth-order valence-electron chi connectivity index (χ4n) is 3.00. The molecule has 0 bridgehead atoms. The van der Waals surface area contributed by atoms with E-state index in [9.17, 15) is 9.18 Å². The van der Waals surface area contributed by atoms with E-state index in [2.05, 4.69) is 30.9 Å². The van der Waals surface area contributed by atoms with Crippen molar-refractivity contribution in [1.29, 1.82) is 0 Å². The van der Waals surface area contributed by atoms with Gasteiger partial charge < -0.3 is 25.1 Å². The lowest BCUT2D eigenvalue weighted by Gasteiger charge is -2.19. The van der Waals surface area contributed by atoms with Gasteiger partial charge in [0.2, 0.25) is 11.8 Å². The third kappa shape index (κ3) is 3.99. The monoisotopic (exact) mass is 418 g/mol. The normalized spacial score (nSPS) is 12.5. The quantitative estimate of drug-likeness (QED) is 0.444. The van der Waals surface area contributed by atoms with Gasteiger partial charge in [-0.25, -0.2) is 14.4 Å². The van der Waals surface area contributed by atoms with Crippen LogP contribution in [0.3, 0.4) is 0 Å². The minimum Gasteiger partial charge on any atom is -0.482 e. The number of amides is 1. The van der Waals surface area contributed by atoms with Crippen molar-refractivity contribution in [2.45, 2.75) is 0 Å². The number of hydrogen-bond acceptors (Lipinski definition) is 8. The van der Waals surface area contributed by atoms with E-state index < -0.39 is 5.82 Å². The van der Waals surface area contributed by atoms with Gasteiger partial charge in [0.05, 0.1) is 18.1 Å². The second-order valence-electron chi connectivity index (χ2n) is 6.60. The molecule has 10 heteroatoms. The minimum atomic E-state index is -0.622. The Labute approximate surface area is 175 Å². The van der Waals surface area contributed by atoms with Gasteiger partial charge in [-0.1, -0.05) is 0 Å². The molecule has 0 saturated carbocycles. The summed E-state index contributed by atoms with van der Waals surface area (Å²) in [5, 5.41) is 8.63. The van der Waals surface area contributed by atoms with E-state index in [0.717, 1.165) is 11.8 Å². The summed E-state index contributed by atoms with van der Waals surface area (Å²) in [6.45, 7) is -0.0334. The van der Waals surface area contributed by atoms with Crippen LogP contribution in [0.5, 0.6) is 5.75 Å². The Morgan fingerprint density at radius 2 is 1.87 bits per heavy atom. The summed E-state index contributed by atoms with van der Waals surface area (Å²) in [6.07, 6.45) is 4.15. The standard InChI is InChI=1S/C21H15FN6O3/c22-15-10-24-21(26-13-3-1-12(2-4-13)20-23-7-8-30-20)28-19(15)25-14-5-6-17-16(9-14)27-18(29)11-31-17/h1-10H,11H2,(H,27,29)(H2,24,25,26,28). The number of anilines is 5. The molecule has 2 aromatic heterocycles.